The minimum atomic E-state index is -0.659. The number of aliphatic hydroxyl groups is 1. The minimum absolute atomic E-state index is 0.221. The van der Waals surface area contributed by atoms with Crippen molar-refractivity contribution in [3.05, 3.63) is 88.8 Å². The molecule has 11 nitrogen and oxygen atoms in total. The molecule has 0 unspecified atom stereocenters. The van der Waals surface area contributed by atoms with E-state index in [1.54, 1.807) is 24.3 Å². The number of hydrogen-bond donors (Lipinski definition) is 2. The van der Waals surface area contributed by atoms with Crippen molar-refractivity contribution in [2.24, 2.45) is 0 Å². The van der Waals surface area contributed by atoms with Crippen LogP contribution in [0.2, 0.25) is 0 Å². The second-order valence-corrected chi connectivity index (χ2v) is 12.0. The number of carbonyl (C=O) groups excluding carboxylic acids is 1. The maximum absolute atomic E-state index is 13.9. The second kappa shape index (κ2) is 13.2. The lowest BCUT2D eigenvalue weighted by Crippen LogP contribution is -2.34. The summed E-state index contributed by atoms with van der Waals surface area (Å²) in [6.45, 7) is 4.51. The molecule has 47 heavy (non-hydrogen) atoms. The fourth-order valence-corrected chi connectivity index (χ4v) is 6.21. The first-order valence-electron chi connectivity index (χ1n) is 16.0. The van der Waals surface area contributed by atoms with Gasteiger partial charge in [0.2, 0.25) is 0 Å². The van der Waals surface area contributed by atoms with E-state index in [9.17, 15) is 14.7 Å². The molecule has 7 rings (SSSR count). The van der Waals surface area contributed by atoms with Gasteiger partial charge in [-0.3, -0.25) is 14.2 Å². The molecule has 4 heterocycles. The van der Waals surface area contributed by atoms with Crippen LogP contribution in [0.1, 0.15) is 38.3 Å². The van der Waals surface area contributed by atoms with E-state index in [0.29, 0.717) is 23.7 Å². The Hall–Kier alpha value is -4.71. The maximum Gasteiger partial charge on any atom is 0.326 e. The summed E-state index contributed by atoms with van der Waals surface area (Å²) in [7, 11) is 0. The van der Waals surface area contributed by atoms with Gasteiger partial charge in [-0.1, -0.05) is 37.6 Å². The van der Waals surface area contributed by atoms with E-state index >= 15 is 0 Å². The van der Waals surface area contributed by atoms with Crippen molar-refractivity contribution in [2.75, 3.05) is 25.1 Å². The summed E-state index contributed by atoms with van der Waals surface area (Å²) < 4.78 is 30.2. The number of fused-ring (bicyclic) bond motifs is 4. The number of nitrogens with zero attached hydrogens (tertiary/aromatic N) is 2. The molecule has 0 aliphatic carbocycles. The summed E-state index contributed by atoms with van der Waals surface area (Å²) in [6, 6.07) is 20.7. The number of hydrogen-bond acceptors (Lipinski definition) is 10. The highest BCUT2D eigenvalue weighted by atomic mass is 16.6. The van der Waals surface area contributed by atoms with Crippen LogP contribution in [0.25, 0.3) is 33.3 Å². The lowest BCUT2D eigenvalue weighted by molar-refractivity contribution is -0.144. The predicted octanol–water partition coefficient (Wildman–Crippen LogP) is 5.23. The summed E-state index contributed by atoms with van der Waals surface area (Å²) >= 11 is 0. The first kappa shape index (κ1) is 30.9. The highest BCUT2D eigenvalue weighted by Crippen LogP contribution is 2.32. The second-order valence-electron chi connectivity index (χ2n) is 12.0. The molecule has 5 atom stereocenters. The van der Waals surface area contributed by atoms with E-state index in [-0.39, 0.29) is 43.7 Å². The number of aromatic nitrogens is 2. The highest BCUT2D eigenvalue weighted by molar-refractivity contribution is 6.05. The number of para-hydroxylation sites is 1. The molecule has 0 spiro atoms. The van der Waals surface area contributed by atoms with Gasteiger partial charge in [-0.15, -0.1) is 0 Å². The topological polar surface area (TPSA) is 134 Å². The highest BCUT2D eigenvalue weighted by Gasteiger charge is 2.48. The molecule has 5 aromatic rings. The van der Waals surface area contributed by atoms with Gasteiger partial charge in [0.05, 0.1) is 26.0 Å². The van der Waals surface area contributed by atoms with Crippen LogP contribution >= 0.6 is 0 Å². The van der Waals surface area contributed by atoms with Crippen LogP contribution in [0.4, 0.5) is 5.69 Å². The molecule has 3 aromatic carbocycles. The van der Waals surface area contributed by atoms with Gasteiger partial charge in [-0.05, 0) is 61.4 Å². The van der Waals surface area contributed by atoms with E-state index in [1.807, 2.05) is 50.2 Å². The fraction of sp³-hybridized carbons (Fsp3) is 0.361. The third-order valence-electron chi connectivity index (χ3n) is 8.75. The molecule has 2 aromatic heterocycles. The van der Waals surface area contributed by atoms with Gasteiger partial charge >= 0.3 is 5.97 Å². The monoisotopic (exact) mass is 639 g/mol. The normalized spacial score (nSPS) is 21.2. The first-order chi connectivity index (χ1) is 22.9. The summed E-state index contributed by atoms with van der Waals surface area (Å²) in [6.07, 6.45) is 1.39. The summed E-state index contributed by atoms with van der Waals surface area (Å²) in [4.78, 5) is 31.4. The first-order valence-corrected chi connectivity index (χ1v) is 16.0. The molecule has 2 N–H and O–H groups in total. The van der Waals surface area contributed by atoms with Crippen LogP contribution in [-0.2, 0) is 25.5 Å². The van der Waals surface area contributed by atoms with Gasteiger partial charge in [0.15, 0.2) is 6.10 Å². The lowest BCUT2D eigenvalue weighted by atomic mass is 10.0. The van der Waals surface area contributed by atoms with Crippen molar-refractivity contribution < 1.29 is 33.3 Å². The molecule has 2 saturated heterocycles. The van der Waals surface area contributed by atoms with Crippen molar-refractivity contribution in [2.45, 2.75) is 63.7 Å². The number of unbranched alkanes of at least 4 members (excludes halogenated alkanes) is 1. The summed E-state index contributed by atoms with van der Waals surface area (Å²) in [5, 5.41) is 15.3. The van der Waals surface area contributed by atoms with Crippen LogP contribution in [-0.4, -0.2) is 64.9 Å². The Morgan fingerprint density at radius 2 is 1.83 bits per heavy atom. The SMILES string of the molecule is CCCCOC(=O)Cn1c(-c2ccc(O[C@@H]3CO[C@H]4[C@@H]3OC[C@H]4O)cc2)ncc(N[C@H](C)c2ccc3oc4ccccc4c3c2)c1=O. The number of furan rings is 1. The Kier molecular flexibility index (Phi) is 8.68. The molecule has 244 valence electrons. The molecule has 2 aliphatic rings. The van der Waals surface area contributed by atoms with Gasteiger partial charge in [0, 0.05) is 22.4 Å². The number of rotatable bonds is 11. The molecule has 2 aliphatic heterocycles. The number of carbonyl (C=O) groups is 1. The number of benzene rings is 3. The van der Waals surface area contributed by atoms with Crippen LogP contribution in [0.15, 0.2) is 82.1 Å². The quantitative estimate of drug-likeness (QED) is 0.146. The third kappa shape index (κ3) is 6.21. The Labute approximate surface area is 271 Å². The lowest BCUT2D eigenvalue weighted by Gasteiger charge is -2.19. The van der Waals surface area contributed by atoms with E-state index < -0.39 is 23.7 Å². The van der Waals surface area contributed by atoms with Gasteiger partial charge in [-0.25, -0.2) is 4.98 Å². The number of aliphatic hydroxyl groups excluding tert-OH is 1. The Bertz CT molecular complexity index is 1950. The number of ether oxygens (including phenoxy) is 4. The Balaban J connectivity index is 1.14. The van der Waals surface area contributed by atoms with Crippen molar-refractivity contribution in [1.82, 2.24) is 9.55 Å². The van der Waals surface area contributed by atoms with Crippen LogP contribution < -0.4 is 15.6 Å². The average molecular weight is 640 g/mol. The summed E-state index contributed by atoms with van der Waals surface area (Å²) in [5.74, 6) is 0.390. The fourth-order valence-electron chi connectivity index (χ4n) is 6.21. The molecule has 0 radical (unpaired) electrons. The largest absolute Gasteiger partial charge is 0.485 e. The van der Waals surface area contributed by atoms with E-state index in [2.05, 4.69) is 16.4 Å². The third-order valence-corrected chi connectivity index (χ3v) is 8.75. The number of nitrogens with one attached hydrogen (secondary N) is 1. The van der Waals surface area contributed by atoms with Crippen molar-refractivity contribution in [3.8, 4) is 17.1 Å². The Morgan fingerprint density at radius 1 is 1.04 bits per heavy atom. The molecular weight excluding hydrogens is 602 g/mol. The standard InChI is InChI=1S/C36H37N3O8/c1-3-4-15-43-32(41)18-39-35(22-9-12-24(13-10-22)46-31-20-45-33-28(40)19-44-34(31)33)37-17-27(36(39)42)38-21(2)23-11-14-30-26(16-23)25-7-5-6-8-29(25)47-30/h5-14,16-17,21,28,31,33-34,38,40H,3-4,15,18-20H2,1-2H3/t21-,28-,31-,33-,34-/m1/s1. The number of esters is 1. The van der Waals surface area contributed by atoms with Crippen molar-refractivity contribution >= 4 is 33.6 Å². The van der Waals surface area contributed by atoms with Crippen molar-refractivity contribution in [1.29, 1.82) is 0 Å². The zero-order valence-electron chi connectivity index (χ0n) is 26.3. The minimum Gasteiger partial charge on any atom is -0.485 e. The molecule has 0 amide bonds. The van der Waals surface area contributed by atoms with E-state index in [1.165, 1.54) is 10.8 Å². The number of anilines is 1. The molecular formula is C36H37N3O8. The molecule has 0 bridgehead atoms. The molecule has 2 fully saturated rings. The van der Waals surface area contributed by atoms with Gasteiger partial charge in [-0.2, -0.15) is 0 Å². The van der Waals surface area contributed by atoms with Gasteiger partial charge in [0.1, 0.15) is 53.3 Å². The molecule has 11 heteroatoms. The summed E-state index contributed by atoms with van der Waals surface area (Å²) in [5.41, 5.74) is 3.06. The maximum atomic E-state index is 13.9. The van der Waals surface area contributed by atoms with Gasteiger partial charge in [0.25, 0.3) is 5.56 Å². The van der Waals surface area contributed by atoms with Crippen LogP contribution in [0, 0.1) is 0 Å². The van der Waals surface area contributed by atoms with Gasteiger partial charge < -0.3 is 33.8 Å². The van der Waals surface area contributed by atoms with E-state index in [4.69, 9.17) is 23.4 Å². The van der Waals surface area contributed by atoms with E-state index in [0.717, 1.165) is 40.3 Å². The average Bonchev–Trinajstić information content (AvgIpc) is 3.78. The van der Waals surface area contributed by atoms with Crippen LogP contribution in [0.5, 0.6) is 5.75 Å². The van der Waals surface area contributed by atoms with Crippen LogP contribution in [0.3, 0.4) is 0 Å². The predicted molar refractivity (Wildman–Crippen MR) is 175 cm³/mol. The zero-order valence-corrected chi connectivity index (χ0v) is 26.3. The Morgan fingerprint density at radius 3 is 2.66 bits per heavy atom. The zero-order chi connectivity index (χ0) is 32.5. The van der Waals surface area contributed by atoms with Crippen molar-refractivity contribution in [3.63, 3.8) is 0 Å². The molecule has 0 saturated carbocycles. The smallest absolute Gasteiger partial charge is 0.326 e.